The second kappa shape index (κ2) is 6.76. The fraction of sp³-hybridized carbons (Fsp3) is 0.294. The highest BCUT2D eigenvalue weighted by Crippen LogP contribution is 2.35. The lowest BCUT2D eigenvalue weighted by molar-refractivity contribution is 0.529. The maximum atomic E-state index is 13.0. The Hall–Kier alpha value is -1.54. The van der Waals surface area contributed by atoms with Gasteiger partial charge in [-0.15, -0.1) is 0 Å². The van der Waals surface area contributed by atoms with E-state index in [0.717, 1.165) is 16.0 Å². The molecule has 3 rings (SSSR count). The van der Waals surface area contributed by atoms with Crippen molar-refractivity contribution in [2.75, 3.05) is 19.3 Å². The smallest absolute Gasteiger partial charge is 0.175 e. The normalized spacial score (nSPS) is 20.1. The molecule has 0 radical (unpaired) electrons. The number of sulfone groups is 1. The van der Waals surface area contributed by atoms with E-state index in [-0.39, 0.29) is 10.9 Å². The first kappa shape index (κ1) is 17.3. The second-order valence-electron chi connectivity index (χ2n) is 5.85. The Kier molecular flexibility index (Phi) is 4.87. The van der Waals surface area contributed by atoms with Crippen LogP contribution in [-0.4, -0.2) is 32.0 Å². The molecule has 1 aliphatic rings. The topological polar surface area (TPSA) is 89.3 Å². The maximum Gasteiger partial charge on any atom is 0.175 e. The summed E-state index contributed by atoms with van der Waals surface area (Å²) in [6.07, 6.45) is 1.82. The van der Waals surface area contributed by atoms with E-state index in [1.54, 1.807) is 12.1 Å². The van der Waals surface area contributed by atoms with E-state index in [4.69, 9.17) is 5.73 Å². The molecule has 0 saturated heterocycles. The zero-order valence-electron chi connectivity index (χ0n) is 13.4. The van der Waals surface area contributed by atoms with E-state index >= 15 is 0 Å². The van der Waals surface area contributed by atoms with Crippen molar-refractivity contribution in [2.24, 2.45) is 5.73 Å². The van der Waals surface area contributed by atoms with Crippen LogP contribution in [0.4, 0.5) is 0 Å². The molecule has 0 spiro atoms. The molecule has 1 heterocycles. The van der Waals surface area contributed by atoms with Gasteiger partial charge >= 0.3 is 0 Å². The first-order valence-corrected chi connectivity index (χ1v) is 10.7. The van der Waals surface area contributed by atoms with E-state index in [1.165, 1.54) is 12.3 Å². The number of nitrogens with two attached hydrogens (primary N) is 1. The minimum absolute atomic E-state index is 0.127. The van der Waals surface area contributed by atoms with Gasteiger partial charge in [0.25, 0.3) is 0 Å². The van der Waals surface area contributed by atoms with Crippen molar-refractivity contribution in [3.8, 4) is 0 Å². The summed E-state index contributed by atoms with van der Waals surface area (Å²) in [5.41, 5.74) is 7.37. The lowest BCUT2D eigenvalue weighted by Crippen LogP contribution is -2.29. The Bertz CT molecular complexity index is 894. The Balaban J connectivity index is 2.18. The SMILES string of the molecule is CS(=O)(=O)c1ccc2c(c1)C(NCCN)Cc1ccccc1S2=O. The fourth-order valence-corrected chi connectivity index (χ4v) is 5.03. The lowest BCUT2D eigenvalue weighted by Gasteiger charge is -2.19. The summed E-state index contributed by atoms with van der Waals surface area (Å²) in [6, 6.07) is 12.3. The molecule has 24 heavy (non-hydrogen) atoms. The number of rotatable bonds is 4. The predicted octanol–water partition coefficient (Wildman–Crippen LogP) is 1.40. The highest BCUT2D eigenvalue weighted by molar-refractivity contribution is 7.90. The summed E-state index contributed by atoms with van der Waals surface area (Å²) in [5, 5.41) is 3.35. The molecule has 0 bridgehead atoms. The molecular weight excluding hydrogens is 344 g/mol. The third-order valence-corrected chi connectivity index (χ3v) is 6.80. The molecule has 5 nitrogen and oxygen atoms in total. The van der Waals surface area contributed by atoms with Crippen molar-refractivity contribution in [3.05, 3.63) is 53.6 Å². The summed E-state index contributed by atoms with van der Waals surface area (Å²) < 4.78 is 36.8. The Morgan fingerprint density at radius 3 is 2.67 bits per heavy atom. The van der Waals surface area contributed by atoms with Crippen molar-refractivity contribution >= 4 is 20.6 Å². The van der Waals surface area contributed by atoms with Crippen LogP contribution < -0.4 is 11.1 Å². The average molecular weight is 364 g/mol. The van der Waals surface area contributed by atoms with Crippen LogP contribution in [0.3, 0.4) is 0 Å². The molecule has 0 saturated carbocycles. The first-order chi connectivity index (χ1) is 11.4. The molecule has 2 aromatic rings. The number of fused-ring (bicyclic) bond motifs is 2. The number of benzene rings is 2. The molecule has 2 aromatic carbocycles. The van der Waals surface area contributed by atoms with Crippen LogP contribution in [0.15, 0.2) is 57.2 Å². The Labute approximate surface area is 144 Å². The molecule has 128 valence electrons. The molecule has 0 amide bonds. The van der Waals surface area contributed by atoms with Crippen molar-refractivity contribution in [2.45, 2.75) is 27.1 Å². The standard InChI is InChI=1S/C17H20N2O3S2/c1-24(21,22)13-6-7-17-14(11-13)15(19-9-8-18)10-12-4-2-3-5-16(12)23(17)20/h2-7,11,15,19H,8-10,18H2,1H3. The van der Waals surface area contributed by atoms with Gasteiger partial charge in [-0.2, -0.15) is 0 Å². The van der Waals surface area contributed by atoms with Crippen LogP contribution in [0.1, 0.15) is 17.2 Å². The summed E-state index contributed by atoms with van der Waals surface area (Å²) >= 11 is 0. The van der Waals surface area contributed by atoms with E-state index in [1.807, 2.05) is 24.3 Å². The van der Waals surface area contributed by atoms with Gasteiger partial charge in [-0.1, -0.05) is 18.2 Å². The summed E-state index contributed by atoms with van der Waals surface area (Å²) in [7, 11) is -4.66. The molecule has 0 aliphatic carbocycles. The van der Waals surface area contributed by atoms with E-state index in [9.17, 15) is 12.6 Å². The van der Waals surface area contributed by atoms with Crippen molar-refractivity contribution in [1.29, 1.82) is 0 Å². The van der Waals surface area contributed by atoms with Crippen LogP contribution in [0.25, 0.3) is 0 Å². The van der Waals surface area contributed by atoms with Crippen LogP contribution in [0, 0.1) is 0 Å². The van der Waals surface area contributed by atoms with Crippen molar-refractivity contribution in [1.82, 2.24) is 5.32 Å². The van der Waals surface area contributed by atoms with E-state index < -0.39 is 20.6 Å². The van der Waals surface area contributed by atoms with Gasteiger partial charge in [-0.05, 0) is 41.8 Å². The Morgan fingerprint density at radius 2 is 1.96 bits per heavy atom. The first-order valence-electron chi connectivity index (χ1n) is 7.69. The van der Waals surface area contributed by atoms with Crippen LogP contribution >= 0.6 is 0 Å². The minimum Gasteiger partial charge on any atom is -0.329 e. The molecule has 0 aromatic heterocycles. The van der Waals surface area contributed by atoms with Crippen molar-refractivity contribution < 1.29 is 12.6 Å². The highest BCUT2D eigenvalue weighted by atomic mass is 32.2. The van der Waals surface area contributed by atoms with E-state index in [2.05, 4.69) is 5.32 Å². The third kappa shape index (κ3) is 3.30. The zero-order valence-corrected chi connectivity index (χ0v) is 15.0. The van der Waals surface area contributed by atoms with Gasteiger partial charge in [-0.25, -0.2) is 12.6 Å². The summed E-state index contributed by atoms with van der Waals surface area (Å²) in [5.74, 6) is 0. The number of nitrogens with one attached hydrogen (secondary N) is 1. The largest absolute Gasteiger partial charge is 0.329 e. The monoisotopic (exact) mass is 364 g/mol. The second-order valence-corrected chi connectivity index (χ2v) is 9.28. The van der Waals surface area contributed by atoms with Gasteiger partial charge in [0.05, 0.1) is 15.7 Å². The van der Waals surface area contributed by atoms with Crippen LogP contribution in [-0.2, 0) is 27.1 Å². The highest BCUT2D eigenvalue weighted by Gasteiger charge is 2.27. The lowest BCUT2D eigenvalue weighted by atomic mass is 9.99. The van der Waals surface area contributed by atoms with Gasteiger partial charge in [0.1, 0.15) is 0 Å². The van der Waals surface area contributed by atoms with Crippen LogP contribution in [0.2, 0.25) is 0 Å². The van der Waals surface area contributed by atoms with Crippen LogP contribution in [0.5, 0.6) is 0 Å². The summed E-state index contributed by atoms with van der Waals surface area (Å²) in [6.45, 7) is 1.07. The number of hydrogen-bond donors (Lipinski definition) is 2. The molecule has 2 unspecified atom stereocenters. The minimum atomic E-state index is -3.33. The van der Waals surface area contributed by atoms with Gasteiger partial charge in [0.15, 0.2) is 9.84 Å². The van der Waals surface area contributed by atoms with Gasteiger partial charge in [0, 0.05) is 35.2 Å². The molecule has 7 heteroatoms. The molecule has 3 N–H and O–H groups in total. The molecule has 1 aliphatic heterocycles. The predicted molar refractivity (Wildman–Crippen MR) is 94.2 cm³/mol. The van der Waals surface area contributed by atoms with Crippen molar-refractivity contribution in [3.63, 3.8) is 0 Å². The molecule has 0 fully saturated rings. The fourth-order valence-electron chi connectivity index (χ4n) is 2.94. The van der Waals surface area contributed by atoms with Gasteiger partial charge in [-0.3, -0.25) is 0 Å². The number of hydrogen-bond acceptors (Lipinski definition) is 5. The molecule has 2 atom stereocenters. The van der Waals surface area contributed by atoms with E-state index in [0.29, 0.717) is 24.4 Å². The van der Waals surface area contributed by atoms with Gasteiger partial charge < -0.3 is 11.1 Å². The average Bonchev–Trinajstić information content (AvgIpc) is 2.68. The maximum absolute atomic E-state index is 13.0. The quantitative estimate of drug-likeness (QED) is 0.856. The zero-order chi connectivity index (χ0) is 17.3. The molecular formula is C17H20N2O3S2. The third-order valence-electron chi connectivity index (χ3n) is 4.12. The van der Waals surface area contributed by atoms with Gasteiger partial charge in [0.2, 0.25) is 0 Å². The Morgan fingerprint density at radius 1 is 1.21 bits per heavy atom. The summed E-state index contributed by atoms with van der Waals surface area (Å²) in [4.78, 5) is 1.67.